The van der Waals surface area contributed by atoms with Crippen LogP contribution >= 0.6 is 11.6 Å². The number of carboxylic acid groups (broad SMARTS) is 1. The molecule has 2 N–H and O–H groups in total. The normalized spacial score (nSPS) is 14.2. The number of aliphatic carboxylic acids is 1. The van der Waals surface area contributed by atoms with E-state index in [0.29, 0.717) is 34.7 Å². The summed E-state index contributed by atoms with van der Waals surface area (Å²) >= 11 is 5.92. The number of fused-ring (bicyclic) bond motifs is 2. The predicted octanol–water partition coefficient (Wildman–Crippen LogP) is 3.02. The van der Waals surface area contributed by atoms with Crippen molar-refractivity contribution in [3.8, 4) is 0 Å². The average molecular weight is 396 g/mol. The molecule has 1 amide bonds. The quantitative estimate of drug-likeness (QED) is 0.649. The lowest BCUT2D eigenvalue weighted by atomic mass is 10.1. The zero-order valence-corrected chi connectivity index (χ0v) is 15.2. The lowest BCUT2D eigenvalue weighted by Crippen LogP contribution is -2.23. The Morgan fingerprint density at radius 3 is 2.64 bits per heavy atom. The van der Waals surface area contributed by atoms with Gasteiger partial charge in [0.25, 0.3) is 5.56 Å². The van der Waals surface area contributed by atoms with Crippen molar-refractivity contribution in [1.29, 1.82) is 0 Å². The van der Waals surface area contributed by atoms with Crippen LogP contribution in [0, 0.1) is 0 Å². The van der Waals surface area contributed by atoms with E-state index in [2.05, 4.69) is 10.3 Å². The fourth-order valence-corrected chi connectivity index (χ4v) is 3.30. The van der Waals surface area contributed by atoms with Crippen LogP contribution in [0.4, 0.5) is 5.69 Å². The number of nitrogens with zero attached hydrogens (tertiary/aromatic N) is 2. The highest BCUT2D eigenvalue weighted by Gasteiger charge is 2.21. The summed E-state index contributed by atoms with van der Waals surface area (Å²) in [6.07, 6.45) is 2.63. The van der Waals surface area contributed by atoms with Crippen molar-refractivity contribution in [2.45, 2.75) is 13.0 Å². The molecule has 2 heterocycles. The SMILES string of the molecule is O=C(O)C(=O)Nc1ccc2c(=O)n3c(nc2c1)/C(=C/c1ccc(Cl)cc1)CC3. The fraction of sp³-hybridized carbons (Fsp3) is 0.100. The van der Waals surface area contributed by atoms with Gasteiger partial charge in [0.05, 0.1) is 10.9 Å². The summed E-state index contributed by atoms with van der Waals surface area (Å²) in [5.74, 6) is -2.18. The van der Waals surface area contributed by atoms with Gasteiger partial charge in [0.1, 0.15) is 5.82 Å². The Labute approximate surface area is 163 Å². The molecular formula is C20H14ClN3O4. The first-order chi connectivity index (χ1) is 13.4. The van der Waals surface area contributed by atoms with Crippen LogP contribution in [-0.2, 0) is 16.1 Å². The number of nitrogens with one attached hydrogen (secondary N) is 1. The Morgan fingerprint density at radius 1 is 1.18 bits per heavy atom. The number of aromatic nitrogens is 2. The number of benzene rings is 2. The van der Waals surface area contributed by atoms with E-state index in [0.717, 1.165) is 11.1 Å². The number of halogens is 1. The maximum atomic E-state index is 12.8. The molecule has 7 nitrogen and oxygen atoms in total. The predicted molar refractivity (Wildman–Crippen MR) is 106 cm³/mol. The van der Waals surface area contributed by atoms with Crippen molar-refractivity contribution < 1.29 is 14.7 Å². The number of hydrogen-bond donors (Lipinski definition) is 2. The van der Waals surface area contributed by atoms with E-state index in [9.17, 15) is 14.4 Å². The Bertz CT molecular complexity index is 1210. The molecule has 28 heavy (non-hydrogen) atoms. The van der Waals surface area contributed by atoms with Gasteiger partial charge >= 0.3 is 11.9 Å². The first kappa shape index (κ1) is 17.9. The van der Waals surface area contributed by atoms with Crippen LogP contribution in [0.15, 0.2) is 47.3 Å². The smallest absolute Gasteiger partial charge is 0.394 e. The fourth-order valence-electron chi connectivity index (χ4n) is 3.18. The molecule has 8 heteroatoms. The molecule has 3 aromatic rings. The third kappa shape index (κ3) is 3.27. The molecule has 2 aromatic carbocycles. The average Bonchev–Trinajstić information content (AvgIpc) is 3.06. The standard InChI is InChI=1S/C20H14ClN3O4/c21-13-3-1-11(2-4-13)9-12-7-8-24-17(12)23-16-10-14(22-18(25)20(27)28)5-6-15(16)19(24)26/h1-6,9-10H,7-8H2,(H,22,25)(H,27,28)/b12-9+. The van der Waals surface area contributed by atoms with Gasteiger partial charge < -0.3 is 10.4 Å². The Balaban J connectivity index is 1.78. The van der Waals surface area contributed by atoms with E-state index in [1.165, 1.54) is 18.2 Å². The third-order valence-electron chi connectivity index (χ3n) is 4.51. The molecule has 0 saturated heterocycles. The number of carbonyl (C=O) groups is 2. The summed E-state index contributed by atoms with van der Waals surface area (Å²) in [7, 11) is 0. The van der Waals surface area contributed by atoms with Gasteiger partial charge in [-0.3, -0.25) is 14.2 Å². The number of carbonyl (C=O) groups excluding carboxylic acids is 1. The summed E-state index contributed by atoms with van der Waals surface area (Å²) in [4.78, 5) is 39.5. The minimum absolute atomic E-state index is 0.171. The molecule has 1 aromatic heterocycles. The van der Waals surface area contributed by atoms with Crippen LogP contribution in [0.1, 0.15) is 17.8 Å². The second-order valence-corrected chi connectivity index (χ2v) is 6.79. The van der Waals surface area contributed by atoms with E-state index in [1.54, 1.807) is 16.7 Å². The summed E-state index contributed by atoms with van der Waals surface area (Å²) in [5.41, 5.74) is 2.35. The lowest BCUT2D eigenvalue weighted by Gasteiger charge is -2.08. The van der Waals surface area contributed by atoms with Crippen LogP contribution in [0.2, 0.25) is 5.02 Å². The van der Waals surface area contributed by atoms with Gasteiger partial charge in [-0.1, -0.05) is 23.7 Å². The Kier molecular flexibility index (Phi) is 4.44. The first-order valence-electron chi connectivity index (χ1n) is 8.48. The number of anilines is 1. The van der Waals surface area contributed by atoms with Crippen LogP contribution in [-0.4, -0.2) is 26.5 Å². The molecule has 1 aliphatic heterocycles. The van der Waals surface area contributed by atoms with Crippen molar-refractivity contribution >= 4 is 51.7 Å². The van der Waals surface area contributed by atoms with E-state index >= 15 is 0 Å². The Morgan fingerprint density at radius 2 is 1.93 bits per heavy atom. The van der Waals surface area contributed by atoms with E-state index in [-0.39, 0.29) is 11.2 Å². The van der Waals surface area contributed by atoms with Gasteiger partial charge in [0.2, 0.25) is 0 Å². The van der Waals surface area contributed by atoms with Crippen molar-refractivity contribution in [2.24, 2.45) is 0 Å². The third-order valence-corrected chi connectivity index (χ3v) is 4.76. The second-order valence-electron chi connectivity index (χ2n) is 6.35. The van der Waals surface area contributed by atoms with E-state index in [1.807, 2.05) is 18.2 Å². The molecule has 0 bridgehead atoms. The molecule has 0 spiro atoms. The minimum Gasteiger partial charge on any atom is -0.474 e. The molecule has 4 rings (SSSR count). The highest BCUT2D eigenvalue weighted by molar-refractivity contribution is 6.36. The second kappa shape index (κ2) is 6.94. The molecule has 0 unspecified atom stereocenters. The molecule has 0 fully saturated rings. The monoisotopic (exact) mass is 395 g/mol. The van der Waals surface area contributed by atoms with Gasteiger partial charge in [-0.05, 0) is 54.0 Å². The molecular weight excluding hydrogens is 382 g/mol. The lowest BCUT2D eigenvalue weighted by molar-refractivity contribution is -0.147. The molecule has 0 aliphatic carbocycles. The van der Waals surface area contributed by atoms with Crippen LogP contribution < -0.4 is 10.9 Å². The number of carboxylic acids is 1. The van der Waals surface area contributed by atoms with Crippen LogP contribution in [0.5, 0.6) is 0 Å². The molecule has 0 radical (unpaired) electrons. The topological polar surface area (TPSA) is 101 Å². The van der Waals surface area contributed by atoms with E-state index in [4.69, 9.17) is 16.7 Å². The zero-order valence-electron chi connectivity index (χ0n) is 14.5. The molecule has 1 aliphatic rings. The summed E-state index contributed by atoms with van der Waals surface area (Å²) in [5, 5.41) is 12.0. The first-order valence-corrected chi connectivity index (χ1v) is 8.85. The van der Waals surface area contributed by atoms with Gasteiger partial charge in [0, 0.05) is 17.3 Å². The van der Waals surface area contributed by atoms with E-state index < -0.39 is 11.9 Å². The highest BCUT2D eigenvalue weighted by atomic mass is 35.5. The number of amides is 1. The summed E-state index contributed by atoms with van der Waals surface area (Å²) in [6.45, 7) is 0.536. The summed E-state index contributed by atoms with van der Waals surface area (Å²) in [6, 6.07) is 11.9. The Hall–Kier alpha value is -3.45. The molecule has 0 saturated carbocycles. The molecule has 0 atom stereocenters. The van der Waals surface area contributed by atoms with Crippen molar-refractivity contribution in [2.75, 3.05) is 5.32 Å². The van der Waals surface area contributed by atoms with Gasteiger partial charge in [-0.15, -0.1) is 0 Å². The number of rotatable bonds is 2. The van der Waals surface area contributed by atoms with Crippen LogP contribution in [0.25, 0.3) is 22.6 Å². The summed E-state index contributed by atoms with van der Waals surface area (Å²) < 4.78 is 1.62. The largest absolute Gasteiger partial charge is 0.474 e. The number of allylic oxidation sites excluding steroid dienone is 1. The van der Waals surface area contributed by atoms with Crippen molar-refractivity contribution in [1.82, 2.24) is 9.55 Å². The highest BCUT2D eigenvalue weighted by Crippen LogP contribution is 2.28. The maximum Gasteiger partial charge on any atom is 0.394 e. The van der Waals surface area contributed by atoms with Crippen molar-refractivity contribution in [3.63, 3.8) is 0 Å². The van der Waals surface area contributed by atoms with Gasteiger partial charge in [-0.25, -0.2) is 9.78 Å². The molecule has 140 valence electrons. The zero-order chi connectivity index (χ0) is 19.8. The maximum absolute atomic E-state index is 12.8. The van der Waals surface area contributed by atoms with Gasteiger partial charge in [0.15, 0.2) is 0 Å². The van der Waals surface area contributed by atoms with Gasteiger partial charge in [-0.2, -0.15) is 0 Å². The number of hydrogen-bond acceptors (Lipinski definition) is 4. The van der Waals surface area contributed by atoms with Crippen molar-refractivity contribution in [3.05, 3.63) is 69.2 Å². The van der Waals surface area contributed by atoms with Crippen LogP contribution in [0.3, 0.4) is 0 Å². The minimum atomic E-state index is -1.59.